The number of ether oxygens (including phenoxy) is 3. The van der Waals surface area contributed by atoms with Crippen molar-refractivity contribution in [2.45, 2.75) is 12.3 Å². The fourth-order valence-electron chi connectivity index (χ4n) is 2.82. The van der Waals surface area contributed by atoms with Crippen LogP contribution in [0.3, 0.4) is 0 Å². The average molecular weight is 323 g/mol. The Kier molecular flexibility index (Phi) is 4.08. The zero-order valence-corrected chi connectivity index (χ0v) is 13.1. The molecule has 1 aliphatic rings. The minimum atomic E-state index is -1.30. The smallest absolute Gasteiger partial charge is 0.205 e. The van der Waals surface area contributed by atoms with Gasteiger partial charge in [-0.1, -0.05) is 0 Å². The van der Waals surface area contributed by atoms with Gasteiger partial charge < -0.3 is 24.2 Å². The Labute approximate surface area is 132 Å². The van der Waals surface area contributed by atoms with E-state index in [0.29, 0.717) is 34.0 Å². The fourth-order valence-corrected chi connectivity index (χ4v) is 2.82. The summed E-state index contributed by atoms with van der Waals surface area (Å²) in [7, 11) is 4.54. The molecule has 7 nitrogen and oxygen atoms in total. The van der Waals surface area contributed by atoms with Gasteiger partial charge in [0.2, 0.25) is 5.75 Å². The van der Waals surface area contributed by atoms with E-state index >= 15 is 0 Å². The molecular weight excluding hydrogens is 305 g/mol. The molecule has 1 aliphatic heterocycles. The number of hydrogen-bond acceptors (Lipinski definition) is 7. The summed E-state index contributed by atoms with van der Waals surface area (Å²) in [4.78, 5) is 10.2. The van der Waals surface area contributed by atoms with Crippen LogP contribution in [0.1, 0.15) is 0 Å². The second-order valence-electron chi connectivity index (χ2n) is 5.23. The van der Waals surface area contributed by atoms with E-state index < -0.39 is 12.3 Å². The van der Waals surface area contributed by atoms with E-state index in [1.54, 1.807) is 11.0 Å². The third-order valence-electron chi connectivity index (χ3n) is 3.93. The van der Waals surface area contributed by atoms with Crippen LogP contribution in [0, 0.1) is 0 Å². The summed E-state index contributed by atoms with van der Waals surface area (Å²) in [6.07, 6.45) is -0.951. The van der Waals surface area contributed by atoms with Gasteiger partial charge in [-0.25, -0.2) is 14.4 Å². The van der Waals surface area contributed by atoms with E-state index in [0.717, 1.165) is 0 Å². The number of hydrogen-bond donors (Lipinski definition) is 1. The molecule has 8 heteroatoms. The van der Waals surface area contributed by atoms with Crippen LogP contribution in [0.4, 0.5) is 10.2 Å². The van der Waals surface area contributed by atoms with E-state index in [2.05, 4.69) is 9.97 Å². The lowest BCUT2D eigenvalue weighted by Gasteiger charge is -2.20. The Hall–Kier alpha value is -2.35. The molecule has 1 aromatic heterocycles. The topological polar surface area (TPSA) is 76.9 Å². The maximum Gasteiger partial charge on any atom is 0.205 e. The predicted octanol–water partition coefficient (Wildman–Crippen LogP) is 1.17. The van der Waals surface area contributed by atoms with E-state index in [1.165, 1.54) is 27.7 Å². The van der Waals surface area contributed by atoms with Crippen LogP contribution in [-0.4, -0.2) is 61.8 Å². The van der Waals surface area contributed by atoms with E-state index in [9.17, 15) is 9.50 Å². The molecule has 124 valence electrons. The van der Waals surface area contributed by atoms with Crippen molar-refractivity contribution in [2.75, 3.05) is 39.3 Å². The van der Waals surface area contributed by atoms with E-state index in [4.69, 9.17) is 14.2 Å². The first-order valence-corrected chi connectivity index (χ1v) is 7.11. The van der Waals surface area contributed by atoms with Gasteiger partial charge in [-0.2, -0.15) is 0 Å². The van der Waals surface area contributed by atoms with Gasteiger partial charge >= 0.3 is 0 Å². The number of alkyl halides is 1. The molecule has 0 aliphatic carbocycles. The number of aromatic nitrogens is 2. The van der Waals surface area contributed by atoms with Crippen molar-refractivity contribution in [1.82, 2.24) is 9.97 Å². The molecule has 0 spiro atoms. The zero-order chi connectivity index (χ0) is 16.6. The monoisotopic (exact) mass is 323 g/mol. The number of benzene rings is 1. The number of anilines is 1. The Morgan fingerprint density at radius 1 is 1.13 bits per heavy atom. The van der Waals surface area contributed by atoms with Crippen molar-refractivity contribution < 1.29 is 23.7 Å². The Morgan fingerprint density at radius 3 is 2.43 bits per heavy atom. The quantitative estimate of drug-likeness (QED) is 0.905. The summed E-state index contributed by atoms with van der Waals surface area (Å²) < 4.78 is 29.8. The lowest BCUT2D eigenvalue weighted by molar-refractivity contribution is 0.118. The third kappa shape index (κ3) is 2.48. The Bertz CT molecular complexity index is 717. The molecule has 1 fully saturated rings. The molecule has 0 unspecified atom stereocenters. The van der Waals surface area contributed by atoms with Crippen molar-refractivity contribution >= 4 is 16.7 Å². The molecule has 0 saturated carbocycles. The van der Waals surface area contributed by atoms with Crippen LogP contribution in [0.2, 0.25) is 0 Å². The molecule has 2 aromatic rings. The van der Waals surface area contributed by atoms with Crippen molar-refractivity contribution in [2.24, 2.45) is 0 Å². The summed E-state index contributed by atoms with van der Waals surface area (Å²) in [6, 6.07) is 1.73. The summed E-state index contributed by atoms with van der Waals surface area (Å²) in [5, 5.41) is 10.3. The van der Waals surface area contributed by atoms with Gasteiger partial charge in [0.15, 0.2) is 11.5 Å². The first-order chi connectivity index (χ1) is 11.1. The maximum absolute atomic E-state index is 13.7. The van der Waals surface area contributed by atoms with Crippen LogP contribution < -0.4 is 19.1 Å². The largest absolute Gasteiger partial charge is 0.493 e. The van der Waals surface area contributed by atoms with Crippen LogP contribution in [-0.2, 0) is 0 Å². The molecule has 1 aromatic carbocycles. The van der Waals surface area contributed by atoms with Crippen LogP contribution >= 0.6 is 0 Å². The van der Waals surface area contributed by atoms with Crippen LogP contribution in [0.5, 0.6) is 17.2 Å². The molecular formula is C15H18FN3O4. The second-order valence-corrected chi connectivity index (χ2v) is 5.23. The van der Waals surface area contributed by atoms with E-state index in [-0.39, 0.29) is 13.1 Å². The maximum atomic E-state index is 13.7. The first kappa shape index (κ1) is 15.5. The molecule has 0 radical (unpaired) electrons. The molecule has 2 heterocycles. The van der Waals surface area contributed by atoms with Gasteiger partial charge in [-0.15, -0.1) is 0 Å². The standard InChI is InChI=1S/C15H18FN3O4/c1-21-11-4-8-12(14(23-3)13(11)22-2)17-7-18-15(8)19-5-9(16)10(20)6-19/h4,7,9-10,20H,5-6H2,1-3H3/t9-,10-/m1/s1. The highest BCUT2D eigenvalue weighted by Gasteiger charge is 2.33. The summed E-state index contributed by atoms with van der Waals surface area (Å²) in [5.41, 5.74) is 0.534. The van der Waals surface area contributed by atoms with Crippen molar-refractivity contribution in [3.05, 3.63) is 12.4 Å². The molecule has 1 saturated heterocycles. The highest BCUT2D eigenvalue weighted by Crippen LogP contribution is 2.44. The first-order valence-electron chi connectivity index (χ1n) is 7.11. The zero-order valence-electron chi connectivity index (χ0n) is 13.1. The van der Waals surface area contributed by atoms with Gasteiger partial charge in [-0.05, 0) is 6.07 Å². The number of halogens is 1. The molecule has 1 N–H and O–H groups in total. The number of methoxy groups -OCH3 is 3. The highest BCUT2D eigenvalue weighted by molar-refractivity contribution is 5.97. The van der Waals surface area contributed by atoms with Gasteiger partial charge in [0.25, 0.3) is 0 Å². The molecule has 23 heavy (non-hydrogen) atoms. The number of aliphatic hydroxyl groups is 1. The highest BCUT2D eigenvalue weighted by atomic mass is 19.1. The Balaban J connectivity index is 2.21. The van der Waals surface area contributed by atoms with E-state index in [1.807, 2.05) is 0 Å². The molecule has 3 rings (SSSR count). The SMILES string of the molecule is COc1cc2c(N3C[C@@H](O)[C@H](F)C3)ncnc2c(OC)c1OC. The summed E-state index contributed by atoms with van der Waals surface area (Å²) >= 11 is 0. The lowest BCUT2D eigenvalue weighted by atomic mass is 10.1. The van der Waals surface area contributed by atoms with Crippen molar-refractivity contribution in [3.63, 3.8) is 0 Å². The molecule has 2 atom stereocenters. The van der Waals surface area contributed by atoms with Crippen molar-refractivity contribution in [3.8, 4) is 17.2 Å². The lowest BCUT2D eigenvalue weighted by Crippen LogP contribution is -2.22. The average Bonchev–Trinajstić information content (AvgIpc) is 2.91. The number of fused-ring (bicyclic) bond motifs is 1. The minimum absolute atomic E-state index is 0.0734. The molecule has 0 amide bonds. The van der Waals surface area contributed by atoms with Crippen LogP contribution in [0.15, 0.2) is 12.4 Å². The van der Waals surface area contributed by atoms with Gasteiger partial charge in [0.05, 0.1) is 33.3 Å². The normalized spacial score (nSPS) is 20.8. The number of β-amino-alcohol motifs (C(OH)–C–C–N with tert-alkyl or cyclic N) is 1. The van der Waals surface area contributed by atoms with Gasteiger partial charge in [0, 0.05) is 6.54 Å². The summed E-state index contributed by atoms with van der Waals surface area (Å²) in [5.74, 6) is 1.83. The number of nitrogens with zero attached hydrogens (tertiary/aromatic N) is 3. The Morgan fingerprint density at radius 2 is 1.87 bits per heavy atom. The minimum Gasteiger partial charge on any atom is -0.493 e. The number of rotatable bonds is 4. The second kappa shape index (κ2) is 6.04. The summed E-state index contributed by atoms with van der Waals surface area (Å²) in [6.45, 7) is 0.244. The van der Waals surface area contributed by atoms with Crippen molar-refractivity contribution in [1.29, 1.82) is 0 Å². The predicted molar refractivity (Wildman–Crippen MR) is 82.3 cm³/mol. The third-order valence-corrected chi connectivity index (χ3v) is 3.93. The number of aliphatic hydroxyl groups excluding tert-OH is 1. The van der Waals surface area contributed by atoms with Gasteiger partial charge in [-0.3, -0.25) is 0 Å². The fraction of sp³-hybridized carbons (Fsp3) is 0.467. The van der Waals surface area contributed by atoms with Gasteiger partial charge in [0.1, 0.15) is 29.9 Å². The van der Waals surface area contributed by atoms with Crippen LogP contribution in [0.25, 0.3) is 10.9 Å². The molecule has 0 bridgehead atoms.